The van der Waals surface area contributed by atoms with Crippen LogP contribution in [0.15, 0.2) is 22.9 Å². The van der Waals surface area contributed by atoms with Crippen molar-refractivity contribution in [2.45, 2.75) is 0 Å². The van der Waals surface area contributed by atoms with Crippen LogP contribution in [0.5, 0.6) is 0 Å². The Labute approximate surface area is 76.7 Å². The molecule has 0 amide bonds. The molecule has 0 saturated heterocycles. The molecule has 0 spiro atoms. The maximum absolute atomic E-state index is 5.75. The number of aromatic nitrogens is 2. The minimum Gasteiger partial charge on any atom is -0.344 e. The van der Waals surface area contributed by atoms with Crippen LogP contribution < -0.4 is 0 Å². The van der Waals surface area contributed by atoms with Crippen LogP contribution in [-0.2, 0) is 0 Å². The number of aromatic amines is 1. The van der Waals surface area contributed by atoms with Gasteiger partial charge >= 0.3 is 0 Å². The molecule has 1 N–H and O–H groups in total. The first-order chi connectivity index (χ1) is 5.27. The molecule has 0 aliphatic heterocycles. The fourth-order valence-electron chi connectivity index (χ4n) is 0.983. The van der Waals surface area contributed by atoms with E-state index in [1.807, 2.05) is 6.07 Å². The highest BCUT2D eigenvalue weighted by atomic mass is 79.9. The Kier molecular flexibility index (Phi) is 1.62. The fourth-order valence-corrected chi connectivity index (χ4v) is 1.64. The lowest BCUT2D eigenvalue weighted by atomic mass is 10.3. The molecule has 11 heavy (non-hydrogen) atoms. The molecule has 0 saturated carbocycles. The first-order valence-corrected chi connectivity index (χ1v) is 4.22. The second-order valence-corrected chi connectivity index (χ2v) is 3.46. The molecule has 0 atom stereocenters. The molecule has 2 rings (SSSR count). The van der Waals surface area contributed by atoms with E-state index in [-0.39, 0.29) is 0 Å². The Bertz CT molecular complexity index is 396. The zero-order valence-electron chi connectivity index (χ0n) is 5.44. The van der Waals surface area contributed by atoms with Gasteiger partial charge in [-0.1, -0.05) is 11.6 Å². The normalized spacial score (nSPS) is 10.7. The highest BCUT2D eigenvalue weighted by Crippen LogP contribution is 2.24. The number of hydrogen-bond acceptors (Lipinski definition) is 1. The van der Waals surface area contributed by atoms with Crippen LogP contribution in [0.3, 0.4) is 0 Å². The van der Waals surface area contributed by atoms with Crippen LogP contribution in [0.4, 0.5) is 0 Å². The quantitative estimate of drug-likeness (QED) is 0.742. The topological polar surface area (TPSA) is 28.7 Å². The van der Waals surface area contributed by atoms with Crippen LogP contribution in [0.2, 0.25) is 5.15 Å². The van der Waals surface area contributed by atoms with E-state index < -0.39 is 0 Å². The SMILES string of the molecule is Clc1cc2c(Br)cncc2[nH]1. The summed E-state index contributed by atoms with van der Waals surface area (Å²) < 4.78 is 0.957. The van der Waals surface area contributed by atoms with Gasteiger partial charge in [0.2, 0.25) is 0 Å². The summed E-state index contributed by atoms with van der Waals surface area (Å²) in [5.74, 6) is 0. The van der Waals surface area contributed by atoms with Gasteiger partial charge in [-0.25, -0.2) is 0 Å². The van der Waals surface area contributed by atoms with Gasteiger partial charge in [0.05, 0.1) is 11.7 Å². The number of pyridine rings is 1. The van der Waals surface area contributed by atoms with Gasteiger partial charge in [-0.05, 0) is 22.0 Å². The van der Waals surface area contributed by atoms with Crippen molar-refractivity contribution < 1.29 is 0 Å². The number of H-pyrrole nitrogens is 1. The molecule has 56 valence electrons. The Hall–Kier alpha value is -0.540. The lowest BCUT2D eigenvalue weighted by Crippen LogP contribution is -1.72. The zero-order chi connectivity index (χ0) is 7.84. The zero-order valence-corrected chi connectivity index (χ0v) is 7.78. The predicted octanol–water partition coefficient (Wildman–Crippen LogP) is 2.98. The molecule has 0 bridgehead atoms. The summed E-state index contributed by atoms with van der Waals surface area (Å²) >= 11 is 9.12. The predicted molar refractivity (Wildman–Crippen MR) is 48.8 cm³/mol. The molecule has 0 fully saturated rings. The minimum absolute atomic E-state index is 0.633. The average molecular weight is 231 g/mol. The summed E-state index contributed by atoms with van der Waals surface area (Å²) in [6.45, 7) is 0. The van der Waals surface area contributed by atoms with Crippen molar-refractivity contribution in [1.82, 2.24) is 9.97 Å². The van der Waals surface area contributed by atoms with Crippen molar-refractivity contribution in [3.8, 4) is 0 Å². The number of hydrogen-bond donors (Lipinski definition) is 1. The van der Waals surface area contributed by atoms with Crippen molar-refractivity contribution in [3.63, 3.8) is 0 Å². The number of halogens is 2. The number of fused-ring (bicyclic) bond motifs is 1. The molecule has 0 aliphatic carbocycles. The van der Waals surface area contributed by atoms with Gasteiger partial charge in [0.1, 0.15) is 5.15 Å². The molecule has 2 aromatic heterocycles. The van der Waals surface area contributed by atoms with Crippen LogP contribution in [0.1, 0.15) is 0 Å². The number of rotatable bonds is 0. The van der Waals surface area contributed by atoms with E-state index in [1.165, 1.54) is 0 Å². The van der Waals surface area contributed by atoms with Gasteiger partial charge in [0.25, 0.3) is 0 Å². The smallest absolute Gasteiger partial charge is 0.107 e. The molecule has 2 aromatic rings. The molecular formula is C7H4BrClN2. The van der Waals surface area contributed by atoms with Crippen molar-refractivity contribution in [1.29, 1.82) is 0 Å². The van der Waals surface area contributed by atoms with Crippen LogP contribution in [0, 0.1) is 0 Å². The molecular weight excluding hydrogens is 227 g/mol. The fraction of sp³-hybridized carbons (Fsp3) is 0. The summed E-state index contributed by atoms with van der Waals surface area (Å²) in [6, 6.07) is 1.86. The first-order valence-electron chi connectivity index (χ1n) is 3.05. The molecule has 0 unspecified atom stereocenters. The minimum atomic E-state index is 0.633. The van der Waals surface area contributed by atoms with Gasteiger partial charge in [0.15, 0.2) is 0 Å². The van der Waals surface area contributed by atoms with E-state index in [4.69, 9.17) is 11.6 Å². The standard InChI is InChI=1S/C7H4BrClN2/c8-5-2-10-3-6-4(5)1-7(9)11-6/h1-3,11H. The third-order valence-electron chi connectivity index (χ3n) is 1.46. The van der Waals surface area contributed by atoms with E-state index in [2.05, 4.69) is 25.9 Å². The first kappa shape index (κ1) is 7.13. The van der Waals surface area contributed by atoms with Gasteiger partial charge in [-0.2, -0.15) is 0 Å². The number of nitrogens with one attached hydrogen (secondary N) is 1. The molecule has 2 heterocycles. The summed E-state index contributed by atoms with van der Waals surface area (Å²) in [4.78, 5) is 6.96. The lowest BCUT2D eigenvalue weighted by Gasteiger charge is -1.89. The van der Waals surface area contributed by atoms with E-state index >= 15 is 0 Å². The van der Waals surface area contributed by atoms with Crippen LogP contribution in [0.25, 0.3) is 10.9 Å². The van der Waals surface area contributed by atoms with Gasteiger partial charge in [-0.3, -0.25) is 4.98 Å². The summed E-state index contributed by atoms with van der Waals surface area (Å²) in [5, 5.41) is 1.69. The Balaban J connectivity index is 2.90. The molecule has 0 aliphatic rings. The third-order valence-corrected chi connectivity index (χ3v) is 2.30. The van der Waals surface area contributed by atoms with Gasteiger partial charge < -0.3 is 4.98 Å². The van der Waals surface area contributed by atoms with Crippen molar-refractivity contribution in [3.05, 3.63) is 28.1 Å². The number of nitrogens with zero attached hydrogens (tertiary/aromatic N) is 1. The second-order valence-electron chi connectivity index (χ2n) is 2.20. The van der Waals surface area contributed by atoms with E-state index in [1.54, 1.807) is 12.4 Å². The molecule has 4 heteroatoms. The van der Waals surface area contributed by atoms with Gasteiger partial charge in [-0.15, -0.1) is 0 Å². The Morgan fingerprint density at radius 1 is 1.45 bits per heavy atom. The Morgan fingerprint density at radius 3 is 3.00 bits per heavy atom. The highest BCUT2D eigenvalue weighted by molar-refractivity contribution is 9.10. The van der Waals surface area contributed by atoms with Crippen LogP contribution in [-0.4, -0.2) is 9.97 Å². The third kappa shape index (κ3) is 1.14. The largest absolute Gasteiger partial charge is 0.344 e. The van der Waals surface area contributed by atoms with Gasteiger partial charge in [0, 0.05) is 16.1 Å². The molecule has 0 radical (unpaired) electrons. The highest BCUT2D eigenvalue weighted by Gasteiger charge is 2.01. The average Bonchev–Trinajstić information content (AvgIpc) is 2.31. The monoisotopic (exact) mass is 230 g/mol. The van der Waals surface area contributed by atoms with Crippen molar-refractivity contribution in [2.75, 3.05) is 0 Å². The van der Waals surface area contributed by atoms with Crippen molar-refractivity contribution in [2.24, 2.45) is 0 Å². The second kappa shape index (κ2) is 2.50. The lowest BCUT2D eigenvalue weighted by molar-refractivity contribution is 1.33. The Morgan fingerprint density at radius 2 is 2.27 bits per heavy atom. The summed E-state index contributed by atoms with van der Waals surface area (Å²) in [6.07, 6.45) is 3.48. The van der Waals surface area contributed by atoms with E-state index in [9.17, 15) is 0 Å². The maximum Gasteiger partial charge on any atom is 0.107 e. The summed E-state index contributed by atoms with van der Waals surface area (Å²) in [7, 11) is 0. The summed E-state index contributed by atoms with van der Waals surface area (Å²) in [5.41, 5.74) is 0.948. The molecule has 2 nitrogen and oxygen atoms in total. The van der Waals surface area contributed by atoms with E-state index in [0.29, 0.717) is 5.15 Å². The van der Waals surface area contributed by atoms with Crippen molar-refractivity contribution >= 4 is 38.4 Å². The van der Waals surface area contributed by atoms with E-state index in [0.717, 1.165) is 15.4 Å². The maximum atomic E-state index is 5.75. The molecule has 0 aromatic carbocycles. The van der Waals surface area contributed by atoms with Crippen LogP contribution >= 0.6 is 27.5 Å².